The minimum atomic E-state index is 0. The summed E-state index contributed by atoms with van der Waals surface area (Å²) in [5.74, 6) is 0. The number of rotatable bonds is 2. The molecule has 0 aliphatic heterocycles. The smallest absolute Gasteiger partial charge is 0 e. The Morgan fingerprint density at radius 1 is 1.14 bits per heavy atom. The first-order valence-electron chi connectivity index (χ1n) is 2.12. The van der Waals surface area contributed by atoms with Gasteiger partial charge in [-0.3, -0.25) is 0 Å². The zero-order valence-electron chi connectivity index (χ0n) is 4.86. The average Bonchev–Trinajstić information content (AvgIpc) is 1.41. The molecule has 0 spiro atoms. The Morgan fingerprint density at radius 2 is 1.43 bits per heavy atom. The molecule has 3 radical (unpaired) electrons. The summed E-state index contributed by atoms with van der Waals surface area (Å²) in [6.07, 6.45) is 0. The van der Waals surface area contributed by atoms with E-state index in [1.165, 1.54) is 0 Å². The van der Waals surface area contributed by atoms with Gasteiger partial charge in [-0.25, -0.2) is 0 Å². The van der Waals surface area contributed by atoms with E-state index in [0.29, 0.717) is 0 Å². The maximum Gasteiger partial charge on any atom is 0 e. The van der Waals surface area contributed by atoms with E-state index >= 15 is 0 Å². The van der Waals surface area contributed by atoms with Crippen LogP contribution in [-0.4, -0.2) is 39.3 Å². The predicted molar refractivity (Wildman–Crippen MR) is 30.0 cm³/mol. The van der Waals surface area contributed by atoms with Gasteiger partial charge in [-0.15, -0.1) is 0 Å². The molecule has 1 N–H and O–H groups in total. The van der Waals surface area contributed by atoms with Gasteiger partial charge in [0.25, 0.3) is 0 Å². The maximum atomic E-state index is 3.11. The van der Waals surface area contributed by atoms with E-state index in [0.717, 1.165) is 13.1 Å². The molecule has 0 aromatic heterocycles. The second-order valence-electron chi connectivity index (χ2n) is 0.957. The topological polar surface area (TPSA) is 12.0 Å². The zero-order chi connectivity index (χ0) is 4.12. The van der Waals surface area contributed by atoms with Gasteiger partial charge in [0.2, 0.25) is 0 Å². The van der Waals surface area contributed by atoms with Crippen LogP contribution >= 0.6 is 0 Å². The van der Waals surface area contributed by atoms with Crippen molar-refractivity contribution in [2.75, 3.05) is 13.1 Å². The summed E-state index contributed by atoms with van der Waals surface area (Å²) in [6, 6.07) is 0. The van der Waals surface area contributed by atoms with Crippen LogP contribution in [0.1, 0.15) is 13.8 Å². The largest absolute Gasteiger partial charge is 0.317 e. The van der Waals surface area contributed by atoms with Crippen molar-refractivity contribution in [2.45, 2.75) is 13.8 Å². The minimum Gasteiger partial charge on any atom is -0.317 e. The molecular formula is C4H11BiNTi. The van der Waals surface area contributed by atoms with Crippen LogP contribution in [0.15, 0.2) is 0 Å². The molecule has 0 saturated heterocycles. The third-order valence-electron chi connectivity index (χ3n) is 0.500. The fraction of sp³-hybridized carbons (Fsp3) is 1.00. The van der Waals surface area contributed by atoms with Crippen LogP contribution in [0.2, 0.25) is 0 Å². The van der Waals surface area contributed by atoms with Gasteiger partial charge in [0.15, 0.2) is 0 Å². The van der Waals surface area contributed by atoms with E-state index in [-0.39, 0.29) is 47.9 Å². The van der Waals surface area contributed by atoms with E-state index in [1.54, 1.807) is 0 Å². The molecule has 0 aliphatic rings. The second-order valence-corrected chi connectivity index (χ2v) is 0.957. The van der Waals surface area contributed by atoms with Crippen LogP contribution in [0, 0.1) is 0 Å². The Hall–Kier alpha value is 1.56. The zero-order valence-corrected chi connectivity index (χ0v) is 9.90. The molecule has 3 heteroatoms. The molecule has 7 heavy (non-hydrogen) atoms. The predicted octanol–water partition coefficient (Wildman–Crippen LogP) is 0.232. The molecule has 0 saturated carbocycles. The first-order valence-corrected chi connectivity index (χ1v) is 2.12. The summed E-state index contributed by atoms with van der Waals surface area (Å²) in [4.78, 5) is 0. The molecule has 0 aromatic carbocycles. The van der Waals surface area contributed by atoms with Crippen LogP contribution in [-0.2, 0) is 21.7 Å². The number of hydrogen-bond donors (Lipinski definition) is 1. The number of nitrogens with one attached hydrogen (secondary N) is 1. The van der Waals surface area contributed by atoms with Crippen molar-refractivity contribution in [1.29, 1.82) is 0 Å². The molecule has 0 fully saturated rings. The van der Waals surface area contributed by atoms with Crippen LogP contribution in [0.5, 0.6) is 0 Å². The van der Waals surface area contributed by atoms with E-state index in [1.807, 2.05) is 0 Å². The van der Waals surface area contributed by atoms with Gasteiger partial charge < -0.3 is 5.32 Å². The van der Waals surface area contributed by atoms with Gasteiger partial charge in [0.05, 0.1) is 0 Å². The van der Waals surface area contributed by atoms with Crippen molar-refractivity contribution >= 4 is 26.2 Å². The Kier molecular flexibility index (Phi) is 35.4. The molecule has 0 amide bonds. The summed E-state index contributed by atoms with van der Waals surface area (Å²) >= 11 is 0. The Bertz CT molecular complexity index is 19.2. The van der Waals surface area contributed by atoms with Gasteiger partial charge in [-0.05, 0) is 13.1 Å². The summed E-state index contributed by atoms with van der Waals surface area (Å²) in [7, 11) is 0. The molecule has 41 valence electrons. The summed E-state index contributed by atoms with van der Waals surface area (Å²) in [5.41, 5.74) is 0. The summed E-state index contributed by atoms with van der Waals surface area (Å²) in [5, 5.41) is 3.11. The van der Waals surface area contributed by atoms with Crippen molar-refractivity contribution in [3.8, 4) is 0 Å². The molecule has 0 aliphatic carbocycles. The number of hydrogen-bond acceptors (Lipinski definition) is 1. The van der Waals surface area contributed by atoms with Crippen LogP contribution in [0.25, 0.3) is 0 Å². The van der Waals surface area contributed by atoms with Crippen molar-refractivity contribution in [3.63, 3.8) is 0 Å². The molecule has 0 atom stereocenters. The van der Waals surface area contributed by atoms with Gasteiger partial charge in [0, 0.05) is 47.9 Å². The second kappa shape index (κ2) is 15.6. The van der Waals surface area contributed by atoms with Gasteiger partial charge in [-0.1, -0.05) is 13.8 Å². The quantitative estimate of drug-likeness (QED) is 0.715. The first-order chi connectivity index (χ1) is 2.41. The van der Waals surface area contributed by atoms with Crippen LogP contribution < -0.4 is 5.32 Å². The SMILES string of the molecule is CCNCC.[Bi].[Ti]. The fourth-order valence-electron chi connectivity index (χ4n) is 0.250. The normalized spacial score (nSPS) is 6.00. The van der Waals surface area contributed by atoms with E-state index in [9.17, 15) is 0 Å². The van der Waals surface area contributed by atoms with Crippen molar-refractivity contribution < 1.29 is 21.7 Å². The molecule has 1 nitrogen and oxygen atoms in total. The average molecular weight is 330 g/mol. The Balaban J connectivity index is -0.0000000800. The molecule has 0 bridgehead atoms. The van der Waals surface area contributed by atoms with Crippen LogP contribution in [0.3, 0.4) is 0 Å². The molecule has 0 unspecified atom stereocenters. The van der Waals surface area contributed by atoms with E-state index < -0.39 is 0 Å². The van der Waals surface area contributed by atoms with Gasteiger partial charge >= 0.3 is 0 Å². The van der Waals surface area contributed by atoms with Crippen LogP contribution in [0.4, 0.5) is 0 Å². The van der Waals surface area contributed by atoms with E-state index in [4.69, 9.17) is 0 Å². The minimum absolute atomic E-state index is 0. The molecular weight excluding hydrogens is 319 g/mol. The van der Waals surface area contributed by atoms with Crippen molar-refractivity contribution in [1.82, 2.24) is 5.32 Å². The standard InChI is InChI=1S/C4H11N.Bi.Ti/c1-3-5-4-2;;/h5H,3-4H2,1-2H3;;. The van der Waals surface area contributed by atoms with Gasteiger partial charge in [0.1, 0.15) is 0 Å². The molecule has 0 rings (SSSR count). The Morgan fingerprint density at radius 3 is 1.43 bits per heavy atom. The Labute approximate surface area is 79.6 Å². The molecule has 0 aromatic rings. The van der Waals surface area contributed by atoms with E-state index in [2.05, 4.69) is 19.2 Å². The third-order valence-corrected chi connectivity index (χ3v) is 0.500. The van der Waals surface area contributed by atoms with Gasteiger partial charge in [-0.2, -0.15) is 0 Å². The third kappa shape index (κ3) is 18.4. The monoisotopic (exact) mass is 330 g/mol. The summed E-state index contributed by atoms with van der Waals surface area (Å²) in [6.45, 7) is 6.39. The van der Waals surface area contributed by atoms with Crippen molar-refractivity contribution in [2.24, 2.45) is 0 Å². The van der Waals surface area contributed by atoms with Crippen molar-refractivity contribution in [3.05, 3.63) is 0 Å². The maximum absolute atomic E-state index is 3.11. The first kappa shape index (κ1) is 15.8. The summed E-state index contributed by atoms with van der Waals surface area (Å²) < 4.78 is 0. The fourth-order valence-corrected chi connectivity index (χ4v) is 0.250. The molecule has 0 heterocycles.